The first kappa shape index (κ1) is 13.0. The fourth-order valence-corrected chi connectivity index (χ4v) is 1.46. The first-order valence-corrected chi connectivity index (χ1v) is 5.22. The number of rotatable bonds is 5. The number of hydrogen-bond acceptors (Lipinski definition) is 3. The van der Waals surface area contributed by atoms with Crippen LogP contribution in [0.15, 0.2) is 30.8 Å². The van der Waals surface area contributed by atoms with Gasteiger partial charge in [0.15, 0.2) is 0 Å². The second-order valence-corrected chi connectivity index (χ2v) is 3.43. The Kier molecular flexibility index (Phi) is 4.46. The van der Waals surface area contributed by atoms with Crippen LogP contribution in [0.5, 0.6) is 0 Å². The molecule has 0 aliphatic carbocycles. The summed E-state index contributed by atoms with van der Waals surface area (Å²) in [6, 6.07) is 6.77. The Bertz CT molecular complexity index is 448. The second-order valence-electron chi connectivity index (χ2n) is 3.43. The standard InChI is InChI=1S/C13H14O4/c1-3-17-13(16)9(2)11-7-5-4-6-10(11)8-12(14)15/h4-7H,2-3,8H2,1H3,(H,14,15). The van der Waals surface area contributed by atoms with E-state index >= 15 is 0 Å². The highest BCUT2D eigenvalue weighted by atomic mass is 16.5. The average molecular weight is 234 g/mol. The molecule has 0 heterocycles. The van der Waals surface area contributed by atoms with E-state index < -0.39 is 11.9 Å². The van der Waals surface area contributed by atoms with E-state index in [1.165, 1.54) is 0 Å². The lowest BCUT2D eigenvalue weighted by Crippen LogP contribution is -2.09. The summed E-state index contributed by atoms with van der Waals surface area (Å²) in [5.74, 6) is -1.47. The molecule has 0 saturated carbocycles. The zero-order chi connectivity index (χ0) is 12.8. The maximum atomic E-state index is 11.5. The van der Waals surface area contributed by atoms with Crippen molar-refractivity contribution >= 4 is 17.5 Å². The van der Waals surface area contributed by atoms with Gasteiger partial charge in [0.2, 0.25) is 0 Å². The van der Waals surface area contributed by atoms with Gasteiger partial charge in [-0.25, -0.2) is 4.79 Å². The number of carboxylic acids is 1. The van der Waals surface area contributed by atoms with Crippen LogP contribution in [0.1, 0.15) is 18.1 Å². The monoisotopic (exact) mass is 234 g/mol. The van der Waals surface area contributed by atoms with Crippen molar-refractivity contribution in [2.75, 3.05) is 6.61 Å². The molecule has 0 aliphatic heterocycles. The molecular formula is C13H14O4. The lowest BCUT2D eigenvalue weighted by atomic mass is 9.99. The molecule has 0 saturated heterocycles. The zero-order valence-electron chi connectivity index (χ0n) is 9.60. The van der Waals surface area contributed by atoms with Gasteiger partial charge >= 0.3 is 11.9 Å². The summed E-state index contributed by atoms with van der Waals surface area (Å²) < 4.78 is 4.83. The van der Waals surface area contributed by atoms with E-state index in [0.29, 0.717) is 11.1 Å². The van der Waals surface area contributed by atoms with Gasteiger partial charge in [-0.2, -0.15) is 0 Å². The third-order valence-electron chi connectivity index (χ3n) is 2.21. The normalized spacial score (nSPS) is 9.71. The summed E-state index contributed by atoms with van der Waals surface area (Å²) in [5.41, 5.74) is 1.26. The van der Waals surface area contributed by atoms with E-state index in [0.717, 1.165) is 0 Å². The van der Waals surface area contributed by atoms with Gasteiger partial charge in [0.05, 0.1) is 18.6 Å². The second kappa shape index (κ2) is 5.84. The fraction of sp³-hybridized carbons (Fsp3) is 0.231. The lowest BCUT2D eigenvalue weighted by molar-refractivity contribution is -0.137. The van der Waals surface area contributed by atoms with Crippen LogP contribution in [0.2, 0.25) is 0 Å². The minimum Gasteiger partial charge on any atom is -0.481 e. The van der Waals surface area contributed by atoms with Crippen molar-refractivity contribution in [2.24, 2.45) is 0 Å². The molecule has 1 rings (SSSR count). The molecule has 1 aromatic carbocycles. The van der Waals surface area contributed by atoms with Crippen molar-refractivity contribution in [2.45, 2.75) is 13.3 Å². The lowest BCUT2D eigenvalue weighted by Gasteiger charge is -2.09. The number of carbonyl (C=O) groups is 2. The first-order chi connectivity index (χ1) is 8.06. The number of aliphatic carboxylic acids is 1. The maximum absolute atomic E-state index is 11.5. The van der Waals surface area contributed by atoms with Crippen LogP contribution >= 0.6 is 0 Å². The third kappa shape index (κ3) is 3.45. The fourth-order valence-electron chi connectivity index (χ4n) is 1.46. The highest BCUT2D eigenvalue weighted by Crippen LogP contribution is 2.19. The van der Waals surface area contributed by atoms with Crippen molar-refractivity contribution in [1.82, 2.24) is 0 Å². The number of ether oxygens (including phenoxy) is 1. The number of esters is 1. The van der Waals surface area contributed by atoms with Crippen LogP contribution < -0.4 is 0 Å². The van der Waals surface area contributed by atoms with Crippen LogP contribution in [0, 0.1) is 0 Å². The van der Waals surface area contributed by atoms with Crippen molar-refractivity contribution in [3.8, 4) is 0 Å². The quantitative estimate of drug-likeness (QED) is 0.624. The molecule has 0 atom stereocenters. The predicted molar refractivity (Wildman–Crippen MR) is 63.4 cm³/mol. The van der Waals surface area contributed by atoms with Gasteiger partial charge in [-0.15, -0.1) is 0 Å². The zero-order valence-corrected chi connectivity index (χ0v) is 9.60. The molecule has 0 amide bonds. The third-order valence-corrected chi connectivity index (χ3v) is 2.21. The van der Waals surface area contributed by atoms with Crippen molar-refractivity contribution < 1.29 is 19.4 Å². The minimum atomic E-state index is -0.950. The van der Waals surface area contributed by atoms with Crippen LogP contribution in [-0.2, 0) is 20.7 Å². The van der Waals surface area contributed by atoms with Crippen LogP contribution in [-0.4, -0.2) is 23.7 Å². The van der Waals surface area contributed by atoms with Gasteiger partial charge in [0.1, 0.15) is 0 Å². The Morgan fingerprint density at radius 1 is 1.35 bits per heavy atom. The molecule has 0 bridgehead atoms. The summed E-state index contributed by atoms with van der Waals surface area (Å²) in [6.45, 7) is 5.61. The van der Waals surface area contributed by atoms with E-state index in [1.807, 2.05) is 0 Å². The topological polar surface area (TPSA) is 63.6 Å². The highest BCUT2D eigenvalue weighted by Gasteiger charge is 2.15. The molecule has 90 valence electrons. The molecule has 0 unspecified atom stereocenters. The summed E-state index contributed by atoms with van der Waals surface area (Å²) in [5, 5.41) is 8.77. The van der Waals surface area contributed by atoms with Gasteiger partial charge in [-0.3, -0.25) is 4.79 Å². The summed E-state index contributed by atoms with van der Waals surface area (Å²) >= 11 is 0. The summed E-state index contributed by atoms with van der Waals surface area (Å²) in [6.07, 6.45) is -0.144. The molecule has 17 heavy (non-hydrogen) atoms. The van der Waals surface area contributed by atoms with E-state index in [4.69, 9.17) is 9.84 Å². The number of hydrogen-bond donors (Lipinski definition) is 1. The minimum absolute atomic E-state index is 0.144. The van der Waals surface area contributed by atoms with Gasteiger partial charge in [0, 0.05) is 0 Å². The average Bonchev–Trinajstić information content (AvgIpc) is 2.28. The SMILES string of the molecule is C=C(C(=O)OCC)c1ccccc1CC(=O)O. The van der Waals surface area contributed by atoms with Gasteiger partial charge < -0.3 is 9.84 Å². The molecule has 4 heteroatoms. The highest BCUT2D eigenvalue weighted by molar-refractivity contribution is 6.16. The van der Waals surface area contributed by atoms with Gasteiger partial charge in [0.25, 0.3) is 0 Å². The number of carbonyl (C=O) groups excluding carboxylic acids is 1. The molecule has 0 aromatic heterocycles. The Hall–Kier alpha value is -2.10. The van der Waals surface area contributed by atoms with E-state index in [-0.39, 0.29) is 18.6 Å². The Labute approximate surface area is 99.5 Å². The molecule has 0 radical (unpaired) electrons. The molecule has 0 spiro atoms. The van der Waals surface area contributed by atoms with Crippen LogP contribution in [0.3, 0.4) is 0 Å². The van der Waals surface area contributed by atoms with E-state index in [9.17, 15) is 9.59 Å². The van der Waals surface area contributed by atoms with Gasteiger partial charge in [-0.05, 0) is 18.1 Å². The van der Waals surface area contributed by atoms with Crippen LogP contribution in [0.25, 0.3) is 5.57 Å². The smallest absolute Gasteiger partial charge is 0.338 e. The van der Waals surface area contributed by atoms with Crippen LogP contribution in [0.4, 0.5) is 0 Å². The Morgan fingerprint density at radius 3 is 2.59 bits per heavy atom. The molecular weight excluding hydrogens is 220 g/mol. The Morgan fingerprint density at radius 2 is 2.00 bits per heavy atom. The number of carboxylic acid groups (broad SMARTS) is 1. The first-order valence-electron chi connectivity index (χ1n) is 5.22. The number of benzene rings is 1. The van der Waals surface area contributed by atoms with Crippen molar-refractivity contribution in [3.63, 3.8) is 0 Å². The molecule has 0 fully saturated rings. The molecule has 1 N–H and O–H groups in total. The van der Waals surface area contributed by atoms with Crippen molar-refractivity contribution in [3.05, 3.63) is 42.0 Å². The van der Waals surface area contributed by atoms with E-state index in [1.54, 1.807) is 31.2 Å². The van der Waals surface area contributed by atoms with Gasteiger partial charge in [-0.1, -0.05) is 30.8 Å². The molecule has 0 aliphatic rings. The maximum Gasteiger partial charge on any atom is 0.338 e. The summed E-state index contributed by atoms with van der Waals surface area (Å²) in [7, 11) is 0. The molecule has 1 aromatic rings. The largest absolute Gasteiger partial charge is 0.481 e. The Balaban J connectivity index is 3.00. The predicted octanol–water partition coefficient (Wildman–Crippen LogP) is 1.89. The van der Waals surface area contributed by atoms with Crippen molar-refractivity contribution in [1.29, 1.82) is 0 Å². The van der Waals surface area contributed by atoms with E-state index in [2.05, 4.69) is 6.58 Å². The molecule has 4 nitrogen and oxygen atoms in total. The summed E-state index contributed by atoms with van der Waals surface area (Å²) in [4.78, 5) is 22.2.